The van der Waals surface area contributed by atoms with Gasteiger partial charge in [0.1, 0.15) is 36.9 Å². The number of ether oxygens (including phenoxy) is 3. The molecule has 0 saturated carbocycles. The Morgan fingerprint density at radius 1 is 1.16 bits per heavy atom. The maximum absolute atomic E-state index is 11.5. The van der Waals surface area contributed by atoms with Gasteiger partial charge in [-0.25, -0.2) is 4.73 Å². The van der Waals surface area contributed by atoms with Gasteiger partial charge in [0.2, 0.25) is 0 Å². The summed E-state index contributed by atoms with van der Waals surface area (Å²) in [4.78, 5) is 10.1. The van der Waals surface area contributed by atoms with Crippen molar-refractivity contribution in [3.05, 3.63) is 57.9 Å². The highest BCUT2D eigenvalue weighted by molar-refractivity contribution is 5.40. The number of hydrogen-bond acceptors (Lipinski definition) is 7. The number of methoxy groups -OCH3 is 1. The van der Waals surface area contributed by atoms with Gasteiger partial charge in [0.15, 0.2) is 0 Å². The van der Waals surface area contributed by atoms with Crippen LogP contribution < -0.4 is 19.5 Å². The number of aromatic nitrogens is 1. The second-order valence-electron chi connectivity index (χ2n) is 4.92. The van der Waals surface area contributed by atoms with Crippen LogP contribution in [0.1, 0.15) is 0 Å². The first kappa shape index (κ1) is 18.3. The van der Waals surface area contributed by atoms with E-state index in [1.807, 2.05) is 18.2 Å². The molecular weight excluding hydrogens is 330 g/mol. The van der Waals surface area contributed by atoms with E-state index in [-0.39, 0.29) is 11.5 Å². The normalized spacial score (nSPS) is 10.3. The van der Waals surface area contributed by atoms with E-state index in [4.69, 9.17) is 14.2 Å². The molecule has 0 bridgehead atoms. The van der Waals surface area contributed by atoms with Crippen molar-refractivity contribution in [1.82, 2.24) is 0 Å². The maximum Gasteiger partial charge on any atom is 0.284 e. The van der Waals surface area contributed by atoms with Gasteiger partial charge < -0.3 is 19.4 Å². The molecule has 1 aromatic carbocycles. The first-order valence-electron chi connectivity index (χ1n) is 7.56. The van der Waals surface area contributed by atoms with Crippen LogP contribution in [0.15, 0.2) is 42.6 Å². The van der Waals surface area contributed by atoms with Gasteiger partial charge in [0.05, 0.1) is 31.3 Å². The molecule has 0 aliphatic carbocycles. The van der Waals surface area contributed by atoms with Crippen LogP contribution in [-0.2, 0) is 4.74 Å². The second-order valence-corrected chi connectivity index (χ2v) is 4.92. The van der Waals surface area contributed by atoms with Crippen molar-refractivity contribution >= 4 is 11.5 Å². The van der Waals surface area contributed by atoms with Gasteiger partial charge in [-0.15, -0.1) is 0 Å². The summed E-state index contributed by atoms with van der Waals surface area (Å²) < 4.78 is 16.5. The lowest BCUT2D eigenvalue weighted by Crippen LogP contribution is -2.31. The fourth-order valence-corrected chi connectivity index (χ4v) is 1.98. The van der Waals surface area contributed by atoms with Gasteiger partial charge in [0.25, 0.3) is 11.5 Å². The topological polar surface area (TPSA) is 110 Å². The zero-order valence-electron chi connectivity index (χ0n) is 13.7. The molecule has 1 heterocycles. The first-order valence-corrected chi connectivity index (χ1v) is 7.56. The summed E-state index contributed by atoms with van der Waals surface area (Å²) in [5.41, 5.74) is -0.151. The first-order chi connectivity index (χ1) is 12.1. The zero-order valence-corrected chi connectivity index (χ0v) is 13.7. The van der Waals surface area contributed by atoms with E-state index < -0.39 is 4.92 Å². The highest BCUT2D eigenvalue weighted by Crippen LogP contribution is 2.18. The third-order valence-corrected chi connectivity index (χ3v) is 3.20. The van der Waals surface area contributed by atoms with Gasteiger partial charge in [-0.05, 0) is 12.1 Å². The lowest BCUT2D eigenvalue weighted by molar-refractivity contribution is -0.591. The molecule has 0 aliphatic heterocycles. The molecule has 0 atom stereocenters. The van der Waals surface area contributed by atoms with Crippen LogP contribution in [0, 0.1) is 15.3 Å². The van der Waals surface area contributed by atoms with Crippen molar-refractivity contribution < 1.29 is 23.9 Å². The molecule has 0 spiro atoms. The third-order valence-electron chi connectivity index (χ3n) is 3.20. The van der Waals surface area contributed by atoms with E-state index >= 15 is 0 Å². The molecular formula is C16H19N3O6. The van der Waals surface area contributed by atoms with Crippen molar-refractivity contribution in [2.45, 2.75) is 0 Å². The zero-order chi connectivity index (χ0) is 18.1. The fraction of sp³-hybridized carbons (Fsp3) is 0.312. The van der Waals surface area contributed by atoms with Crippen molar-refractivity contribution in [2.75, 3.05) is 38.8 Å². The molecule has 1 aromatic heterocycles. The van der Waals surface area contributed by atoms with Crippen molar-refractivity contribution in [3.63, 3.8) is 0 Å². The summed E-state index contributed by atoms with van der Waals surface area (Å²) in [7, 11) is 1.59. The SMILES string of the molecule is COc1cccc(OCCOCCNc2cc([N+](=O)[O-])cc[n+]2[O-])c1. The minimum Gasteiger partial charge on any atom is -0.711 e. The molecule has 0 unspecified atom stereocenters. The van der Waals surface area contributed by atoms with Crippen LogP contribution in [-0.4, -0.2) is 38.4 Å². The second kappa shape index (κ2) is 9.28. The van der Waals surface area contributed by atoms with E-state index in [1.54, 1.807) is 13.2 Å². The van der Waals surface area contributed by atoms with Crippen LogP contribution in [0.4, 0.5) is 11.5 Å². The molecule has 0 saturated heterocycles. The summed E-state index contributed by atoms with van der Waals surface area (Å²) in [6.45, 7) is 1.39. The Kier molecular flexibility index (Phi) is 6.78. The fourth-order valence-electron chi connectivity index (χ4n) is 1.98. The molecule has 2 rings (SSSR count). The lowest BCUT2D eigenvalue weighted by atomic mass is 10.3. The Morgan fingerprint density at radius 2 is 1.96 bits per heavy atom. The molecule has 2 aromatic rings. The predicted octanol–water partition coefficient (Wildman–Crippen LogP) is 1.74. The van der Waals surface area contributed by atoms with E-state index in [9.17, 15) is 15.3 Å². The molecule has 25 heavy (non-hydrogen) atoms. The number of hydrogen-bond donors (Lipinski definition) is 1. The van der Waals surface area contributed by atoms with Gasteiger partial charge in [-0.1, -0.05) is 6.07 Å². The van der Waals surface area contributed by atoms with Crippen molar-refractivity contribution in [3.8, 4) is 11.5 Å². The summed E-state index contributed by atoms with van der Waals surface area (Å²) in [5.74, 6) is 1.50. The van der Waals surface area contributed by atoms with E-state index in [1.165, 1.54) is 6.07 Å². The smallest absolute Gasteiger partial charge is 0.284 e. The standard InChI is InChI=1S/C16H19N3O6/c1-23-14-3-2-4-15(12-14)25-10-9-24-8-6-17-16-11-13(19(21)22)5-7-18(16)20/h2-5,7,11-12,17H,6,8-10H2,1H3. The molecule has 0 fully saturated rings. The number of nitrogens with zero attached hydrogens (tertiary/aromatic N) is 2. The monoisotopic (exact) mass is 349 g/mol. The summed E-state index contributed by atoms with van der Waals surface area (Å²) in [5, 5.41) is 25.0. The van der Waals surface area contributed by atoms with Gasteiger partial charge in [-0.3, -0.25) is 15.4 Å². The number of nitro groups is 1. The third kappa shape index (κ3) is 5.81. The average molecular weight is 349 g/mol. The molecule has 9 heteroatoms. The van der Waals surface area contributed by atoms with Gasteiger partial charge in [0, 0.05) is 6.07 Å². The Labute approximate surface area is 144 Å². The predicted molar refractivity (Wildman–Crippen MR) is 89.9 cm³/mol. The number of anilines is 1. The number of pyridine rings is 1. The minimum absolute atomic E-state index is 0.102. The summed E-state index contributed by atoms with van der Waals surface area (Å²) >= 11 is 0. The van der Waals surface area contributed by atoms with Crippen LogP contribution in [0.3, 0.4) is 0 Å². The Balaban J connectivity index is 1.65. The minimum atomic E-state index is -0.558. The molecule has 1 N–H and O–H groups in total. The largest absolute Gasteiger partial charge is 0.711 e. The van der Waals surface area contributed by atoms with Crippen molar-refractivity contribution in [1.29, 1.82) is 0 Å². The van der Waals surface area contributed by atoms with Crippen LogP contribution in [0.25, 0.3) is 0 Å². The maximum atomic E-state index is 11.5. The summed E-state index contributed by atoms with van der Waals surface area (Å²) in [6, 6.07) is 9.57. The quantitative estimate of drug-likeness (QED) is 0.229. The molecule has 9 nitrogen and oxygen atoms in total. The molecule has 0 radical (unpaired) electrons. The summed E-state index contributed by atoms with van der Waals surface area (Å²) in [6.07, 6.45) is 1.09. The molecule has 0 aliphatic rings. The van der Waals surface area contributed by atoms with Crippen LogP contribution in [0.5, 0.6) is 11.5 Å². The highest BCUT2D eigenvalue weighted by Gasteiger charge is 2.12. The number of rotatable bonds is 10. The van der Waals surface area contributed by atoms with Crippen molar-refractivity contribution in [2.24, 2.45) is 0 Å². The Bertz CT molecular complexity index is 710. The van der Waals surface area contributed by atoms with Crippen LogP contribution in [0.2, 0.25) is 0 Å². The van der Waals surface area contributed by atoms with E-state index in [0.29, 0.717) is 42.6 Å². The molecule has 134 valence electrons. The highest BCUT2D eigenvalue weighted by atomic mass is 16.6. The Hall–Kier alpha value is -3.07. The van der Waals surface area contributed by atoms with E-state index in [0.717, 1.165) is 12.3 Å². The number of benzene rings is 1. The van der Waals surface area contributed by atoms with Gasteiger partial charge in [-0.2, -0.15) is 0 Å². The van der Waals surface area contributed by atoms with Gasteiger partial charge >= 0.3 is 0 Å². The van der Waals surface area contributed by atoms with Crippen LogP contribution >= 0.6 is 0 Å². The van der Waals surface area contributed by atoms with E-state index in [2.05, 4.69) is 5.32 Å². The lowest BCUT2D eigenvalue weighted by Gasteiger charge is -2.09. The Morgan fingerprint density at radius 3 is 2.72 bits per heavy atom. The average Bonchev–Trinajstić information content (AvgIpc) is 2.62. The molecule has 0 amide bonds. The number of nitrogens with one attached hydrogen (secondary N) is 1.